The molecule has 1 amide bonds. The van der Waals surface area contributed by atoms with E-state index < -0.39 is 7.60 Å². The maximum Gasteiger partial charge on any atom is 0.335 e. The van der Waals surface area contributed by atoms with Crippen molar-refractivity contribution in [3.05, 3.63) is 78.0 Å². The van der Waals surface area contributed by atoms with E-state index in [1.165, 1.54) is 12.3 Å². The van der Waals surface area contributed by atoms with Crippen LogP contribution in [-0.4, -0.2) is 28.1 Å². The highest BCUT2D eigenvalue weighted by Gasteiger charge is 2.28. The second-order valence-electron chi connectivity index (χ2n) is 8.69. The van der Waals surface area contributed by atoms with Crippen LogP contribution in [0.5, 0.6) is 0 Å². The average molecular weight is 544 g/mol. The number of carbonyl (C=O) groups excluding carboxylic acids is 1. The van der Waals surface area contributed by atoms with Gasteiger partial charge < -0.3 is 25.0 Å². The second kappa shape index (κ2) is 12.8. The lowest BCUT2D eigenvalue weighted by molar-refractivity contribution is -0.111. The van der Waals surface area contributed by atoms with Gasteiger partial charge in [0.15, 0.2) is 5.82 Å². The molecule has 1 aromatic heterocycles. The lowest BCUT2D eigenvalue weighted by atomic mass is 10.2. The Morgan fingerprint density at radius 3 is 2.30 bits per heavy atom. The standard InChI is InChI=1S/C26H31ClN5O4P/c1-6-24(33)29-21-8-7-9-22(14-21)30-25-23(27)15-28-26(32-25)31-20-12-10-19(11-13-20)16-37(34,35-17(2)3)36-18(4)5/h6-15,17-18H,1,16H2,2-5H3,(H,29,33)(H2,28,30,31,32). The van der Waals surface area contributed by atoms with Crippen LogP contribution in [-0.2, 0) is 24.6 Å². The van der Waals surface area contributed by atoms with Crippen LogP contribution in [0.3, 0.4) is 0 Å². The highest BCUT2D eigenvalue weighted by molar-refractivity contribution is 7.53. The minimum Gasteiger partial charge on any atom is -0.339 e. The number of carbonyl (C=O) groups is 1. The van der Waals surface area contributed by atoms with Crippen LogP contribution in [0, 0.1) is 0 Å². The number of amides is 1. The van der Waals surface area contributed by atoms with Crippen LogP contribution >= 0.6 is 19.2 Å². The molecule has 0 saturated heterocycles. The van der Waals surface area contributed by atoms with Crippen LogP contribution < -0.4 is 16.0 Å². The molecule has 0 aliphatic rings. The summed E-state index contributed by atoms with van der Waals surface area (Å²) in [6, 6.07) is 14.5. The summed E-state index contributed by atoms with van der Waals surface area (Å²) in [5.74, 6) is 0.408. The smallest absolute Gasteiger partial charge is 0.335 e. The van der Waals surface area contributed by atoms with Gasteiger partial charge >= 0.3 is 7.60 Å². The fraction of sp³-hybridized carbons (Fsp3) is 0.269. The summed E-state index contributed by atoms with van der Waals surface area (Å²) in [5.41, 5.74) is 2.82. The van der Waals surface area contributed by atoms with E-state index in [-0.39, 0.29) is 24.3 Å². The van der Waals surface area contributed by atoms with Crippen molar-refractivity contribution in [2.24, 2.45) is 0 Å². The van der Waals surface area contributed by atoms with Gasteiger partial charge in [0, 0.05) is 17.1 Å². The van der Waals surface area contributed by atoms with Crippen LogP contribution in [0.25, 0.3) is 0 Å². The number of hydrogen-bond acceptors (Lipinski definition) is 8. The molecule has 0 atom stereocenters. The van der Waals surface area contributed by atoms with Gasteiger partial charge in [-0.3, -0.25) is 9.36 Å². The van der Waals surface area contributed by atoms with Gasteiger partial charge in [0.05, 0.1) is 24.6 Å². The Morgan fingerprint density at radius 2 is 1.68 bits per heavy atom. The van der Waals surface area contributed by atoms with Gasteiger partial charge in [-0.2, -0.15) is 4.98 Å². The minimum atomic E-state index is -3.29. The highest BCUT2D eigenvalue weighted by Crippen LogP contribution is 2.53. The first kappa shape index (κ1) is 28.3. The molecule has 9 nitrogen and oxygen atoms in total. The molecule has 0 fully saturated rings. The Morgan fingerprint density at radius 1 is 1.03 bits per heavy atom. The van der Waals surface area contributed by atoms with E-state index in [1.54, 1.807) is 18.2 Å². The van der Waals surface area contributed by atoms with Crippen molar-refractivity contribution in [3.8, 4) is 0 Å². The Bertz CT molecular complexity index is 1270. The summed E-state index contributed by atoms with van der Waals surface area (Å²) in [4.78, 5) is 20.3. The summed E-state index contributed by atoms with van der Waals surface area (Å²) < 4.78 is 24.4. The van der Waals surface area contributed by atoms with Crippen LogP contribution in [0.4, 0.5) is 28.8 Å². The predicted molar refractivity (Wildman–Crippen MR) is 149 cm³/mol. The van der Waals surface area contributed by atoms with Gasteiger partial charge in [-0.25, -0.2) is 4.98 Å². The Labute approximate surface area is 222 Å². The minimum absolute atomic E-state index is 0.168. The molecular formula is C26H31ClN5O4P. The van der Waals surface area contributed by atoms with Gasteiger partial charge in [-0.1, -0.05) is 36.4 Å². The lowest BCUT2D eigenvalue weighted by Gasteiger charge is -2.23. The average Bonchev–Trinajstić information content (AvgIpc) is 2.81. The third kappa shape index (κ3) is 8.98. The van der Waals surface area contributed by atoms with Crippen LogP contribution in [0.1, 0.15) is 33.3 Å². The molecule has 3 rings (SSSR count). The first-order chi connectivity index (χ1) is 17.5. The Balaban J connectivity index is 1.71. The van der Waals surface area contributed by atoms with E-state index in [0.717, 1.165) is 11.3 Å². The normalized spacial score (nSPS) is 11.4. The number of aromatic nitrogens is 2. The monoisotopic (exact) mass is 543 g/mol. The third-order valence-corrected chi connectivity index (χ3v) is 7.17. The first-order valence-corrected chi connectivity index (χ1v) is 13.8. The van der Waals surface area contributed by atoms with Crippen molar-refractivity contribution in [1.82, 2.24) is 9.97 Å². The van der Waals surface area contributed by atoms with E-state index in [9.17, 15) is 9.36 Å². The molecule has 0 aliphatic carbocycles. The van der Waals surface area contributed by atoms with Gasteiger partial charge in [-0.15, -0.1) is 0 Å². The van der Waals surface area contributed by atoms with Crippen molar-refractivity contribution in [2.45, 2.75) is 46.1 Å². The van der Waals surface area contributed by atoms with Crippen molar-refractivity contribution in [2.75, 3.05) is 16.0 Å². The topological polar surface area (TPSA) is 114 Å². The number of benzene rings is 2. The molecule has 37 heavy (non-hydrogen) atoms. The molecule has 0 bridgehead atoms. The van der Waals surface area contributed by atoms with Crippen molar-refractivity contribution < 1.29 is 18.4 Å². The SMILES string of the molecule is C=CC(=O)Nc1cccc(Nc2nc(Nc3ccc(CP(=O)(OC(C)C)OC(C)C)cc3)ncc2Cl)c1. The molecule has 2 aromatic carbocycles. The zero-order chi connectivity index (χ0) is 27.0. The maximum absolute atomic E-state index is 13.2. The predicted octanol–water partition coefficient (Wildman–Crippen LogP) is 7.28. The largest absolute Gasteiger partial charge is 0.339 e. The molecule has 1 heterocycles. The van der Waals surface area contributed by atoms with E-state index in [4.69, 9.17) is 20.6 Å². The molecule has 3 N–H and O–H groups in total. The van der Waals surface area contributed by atoms with Crippen LogP contribution in [0.2, 0.25) is 5.02 Å². The molecule has 0 radical (unpaired) electrons. The number of anilines is 5. The first-order valence-electron chi connectivity index (χ1n) is 11.7. The molecule has 0 spiro atoms. The van der Waals surface area contributed by atoms with Crippen LogP contribution in [0.15, 0.2) is 67.4 Å². The summed E-state index contributed by atoms with van der Waals surface area (Å²) in [7, 11) is -3.29. The summed E-state index contributed by atoms with van der Waals surface area (Å²) in [6.45, 7) is 10.8. The summed E-state index contributed by atoms with van der Waals surface area (Å²) in [6.07, 6.45) is 2.41. The fourth-order valence-electron chi connectivity index (χ4n) is 3.31. The molecular weight excluding hydrogens is 513 g/mol. The molecule has 3 aromatic rings. The highest BCUT2D eigenvalue weighted by atomic mass is 35.5. The van der Waals surface area contributed by atoms with Gasteiger partial charge in [-0.05, 0) is 69.7 Å². The van der Waals surface area contributed by atoms with E-state index >= 15 is 0 Å². The second-order valence-corrected chi connectivity index (χ2v) is 11.1. The molecule has 0 saturated carbocycles. The Hall–Kier alpha value is -3.23. The van der Waals surface area contributed by atoms with E-state index in [1.807, 2.05) is 58.0 Å². The Kier molecular flexibility index (Phi) is 9.83. The van der Waals surface area contributed by atoms with Crippen molar-refractivity contribution in [3.63, 3.8) is 0 Å². The molecule has 11 heteroatoms. The van der Waals surface area contributed by atoms with Gasteiger partial charge in [0.1, 0.15) is 5.02 Å². The molecule has 196 valence electrons. The number of nitrogens with zero attached hydrogens (tertiary/aromatic N) is 2. The fourth-order valence-corrected chi connectivity index (χ4v) is 5.59. The third-order valence-electron chi connectivity index (χ3n) is 4.65. The summed E-state index contributed by atoms with van der Waals surface area (Å²) in [5, 5.41) is 9.30. The van der Waals surface area contributed by atoms with Gasteiger partial charge in [0.2, 0.25) is 11.9 Å². The van der Waals surface area contributed by atoms with Crippen molar-refractivity contribution in [1.29, 1.82) is 0 Å². The van der Waals surface area contributed by atoms with Gasteiger partial charge in [0.25, 0.3) is 0 Å². The number of halogens is 1. The quantitative estimate of drug-likeness (QED) is 0.161. The lowest BCUT2D eigenvalue weighted by Crippen LogP contribution is -2.09. The maximum atomic E-state index is 13.2. The number of rotatable bonds is 12. The van der Waals surface area contributed by atoms with E-state index in [0.29, 0.717) is 28.2 Å². The molecule has 0 unspecified atom stereocenters. The zero-order valence-electron chi connectivity index (χ0n) is 21.2. The molecule has 0 aliphatic heterocycles. The van der Waals surface area contributed by atoms with E-state index in [2.05, 4.69) is 32.5 Å². The number of hydrogen-bond donors (Lipinski definition) is 3. The zero-order valence-corrected chi connectivity index (χ0v) is 22.8. The van der Waals surface area contributed by atoms with Crippen molar-refractivity contribution >= 4 is 53.9 Å². The summed E-state index contributed by atoms with van der Waals surface area (Å²) >= 11 is 6.30. The number of nitrogens with one attached hydrogen (secondary N) is 3.